The topological polar surface area (TPSA) is 74.2 Å². The summed E-state index contributed by atoms with van der Waals surface area (Å²) < 4.78 is 0. The highest BCUT2D eigenvalue weighted by Crippen LogP contribution is 2.11. The Morgan fingerprint density at radius 1 is 1.32 bits per heavy atom. The van der Waals surface area contributed by atoms with E-state index in [-0.39, 0.29) is 18.4 Å². The molecule has 0 atom stereocenters. The Morgan fingerprint density at radius 2 is 2.11 bits per heavy atom. The van der Waals surface area contributed by atoms with E-state index in [0.29, 0.717) is 5.69 Å². The zero-order valence-corrected chi connectivity index (χ0v) is 11.6. The van der Waals surface area contributed by atoms with Gasteiger partial charge in [-0.15, -0.1) is 0 Å². The fourth-order valence-corrected chi connectivity index (χ4v) is 1.49. The van der Waals surface area contributed by atoms with Gasteiger partial charge in [0.2, 0.25) is 5.91 Å². The molecule has 0 aliphatic rings. The van der Waals surface area contributed by atoms with E-state index in [1.54, 1.807) is 6.20 Å². The van der Waals surface area contributed by atoms with Gasteiger partial charge in [-0.2, -0.15) is 0 Å². The summed E-state index contributed by atoms with van der Waals surface area (Å²) >= 11 is 0. The molecule has 3 N–H and O–H groups in total. The Hall–Kier alpha value is -1.62. The highest BCUT2D eigenvalue weighted by molar-refractivity contribution is 5.91. The predicted molar refractivity (Wildman–Crippen MR) is 77.1 cm³/mol. The second kappa shape index (κ2) is 8.48. The largest absolute Gasteiger partial charge is 0.396 e. The van der Waals surface area contributed by atoms with E-state index < -0.39 is 0 Å². The van der Waals surface area contributed by atoms with Crippen LogP contribution in [0, 0.1) is 5.92 Å². The van der Waals surface area contributed by atoms with Crippen molar-refractivity contribution in [2.75, 3.05) is 23.8 Å². The lowest BCUT2D eigenvalue weighted by molar-refractivity contribution is -0.118. The van der Waals surface area contributed by atoms with E-state index >= 15 is 0 Å². The molecule has 0 spiro atoms. The summed E-state index contributed by atoms with van der Waals surface area (Å²) in [6.07, 6.45) is 4.51. The van der Waals surface area contributed by atoms with E-state index in [2.05, 4.69) is 15.6 Å². The van der Waals surface area contributed by atoms with Gasteiger partial charge in [0.25, 0.3) is 0 Å². The summed E-state index contributed by atoms with van der Waals surface area (Å²) in [6.45, 7) is 4.79. The lowest BCUT2D eigenvalue weighted by atomic mass is 10.2. The number of carbonyl (C=O) groups excluding carboxylic acids is 1. The van der Waals surface area contributed by atoms with Crippen LogP contribution < -0.4 is 10.6 Å². The molecule has 1 aromatic rings. The van der Waals surface area contributed by atoms with Crippen LogP contribution in [-0.2, 0) is 4.79 Å². The zero-order valence-electron chi connectivity index (χ0n) is 11.6. The lowest BCUT2D eigenvalue weighted by Crippen LogP contribution is -2.17. The first-order valence-corrected chi connectivity index (χ1v) is 6.75. The maximum Gasteiger partial charge on any atom is 0.226 e. The molecule has 5 nitrogen and oxygen atoms in total. The van der Waals surface area contributed by atoms with Crippen molar-refractivity contribution in [3.05, 3.63) is 18.3 Å². The summed E-state index contributed by atoms with van der Waals surface area (Å²) in [5, 5.41) is 14.7. The number of anilines is 2. The number of pyridine rings is 1. The molecule has 0 aliphatic heterocycles. The van der Waals surface area contributed by atoms with Crippen LogP contribution in [0.15, 0.2) is 18.3 Å². The number of rotatable bonds is 8. The number of aliphatic hydroxyl groups excluding tert-OH is 1. The van der Waals surface area contributed by atoms with Crippen LogP contribution in [0.3, 0.4) is 0 Å². The summed E-state index contributed by atoms with van der Waals surface area (Å²) in [5.41, 5.74) is 0.713. The molecule has 1 rings (SSSR count). The van der Waals surface area contributed by atoms with Gasteiger partial charge in [0.1, 0.15) is 5.82 Å². The highest BCUT2D eigenvalue weighted by atomic mass is 16.2. The van der Waals surface area contributed by atoms with Crippen molar-refractivity contribution in [2.45, 2.75) is 33.1 Å². The maximum absolute atomic E-state index is 11.5. The van der Waals surface area contributed by atoms with Crippen LogP contribution >= 0.6 is 0 Å². The number of hydrogen-bond acceptors (Lipinski definition) is 4. The third-order valence-electron chi connectivity index (χ3n) is 2.70. The van der Waals surface area contributed by atoms with Crippen molar-refractivity contribution in [1.82, 2.24) is 4.98 Å². The Balaban J connectivity index is 2.33. The van der Waals surface area contributed by atoms with Gasteiger partial charge in [-0.3, -0.25) is 4.79 Å². The minimum Gasteiger partial charge on any atom is -0.396 e. The quantitative estimate of drug-likeness (QED) is 0.630. The van der Waals surface area contributed by atoms with E-state index in [4.69, 9.17) is 5.11 Å². The molecule has 0 aliphatic carbocycles. The number of aromatic nitrogens is 1. The van der Waals surface area contributed by atoms with Gasteiger partial charge in [-0.25, -0.2) is 4.98 Å². The van der Waals surface area contributed by atoms with Crippen LogP contribution in [0.4, 0.5) is 11.5 Å². The molecule has 0 fully saturated rings. The number of hydrogen-bond donors (Lipinski definition) is 3. The fraction of sp³-hybridized carbons (Fsp3) is 0.571. The normalized spacial score (nSPS) is 10.5. The molecule has 0 saturated heterocycles. The molecule has 5 heteroatoms. The number of unbranched alkanes of at least 4 members (excludes halogenated alkanes) is 2. The van der Waals surface area contributed by atoms with Crippen molar-refractivity contribution < 1.29 is 9.90 Å². The third-order valence-corrected chi connectivity index (χ3v) is 2.70. The Bertz CT molecular complexity index is 377. The van der Waals surface area contributed by atoms with Crippen LogP contribution in [-0.4, -0.2) is 29.1 Å². The molecule has 0 unspecified atom stereocenters. The highest BCUT2D eigenvalue weighted by Gasteiger charge is 2.06. The zero-order chi connectivity index (χ0) is 14.1. The van der Waals surface area contributed by atoms with Gasteiger partial charge < -0.3 is 15.7 Å². The van der Waals surface area contributed by atoms with E-state index in [1.807, 2.05) is 26.0 Å². The van der Waals surface area contributed by atoms with Gasteiger partial charge in [0, 0.05) is 19.1 Å². The first-order valence-electron chi connectivity index (χ1n) is 6.75. The van der Waals surface area contributed by atoms with Gasteiger partial charge in [0.05, 0.1) is 11.9 Å². The molecule has 0 aromatic carbocycles. The lowest BCUT2D eigenvalue weighted by Gasteiger charge is -2.09. The molecule has 0 saturated carbocycles. The van der Waals surface area contributed by atoms with E-state index in [0.717, 1.165) is 31.6 Å². The van der Waals surface area contributed by atoms with Gasteiger partial charge in [-0.05, 0) is 31.4 Å². The molecule has 1 aromatic heterocycles. The Kier molecular flexibility index (Phi) is 6.89. The summed E-state index contributed by atoms with van der Waals surface area (Å²) in [6, 6.07) is 3.69. The van der Waals surface area contributed by atoms with Crippen LogP contribution in [0.5, 0.6) is 0 Å². The molecule has 1 amide bonds. The second-order valence-corrected chi connectivity index (χ2v) is 4.79. The summed E-state index contributed by atoms with van der Waals surface area (Å²) in [7, 11) is 0. The van der Waals surface area contributed by atoms with Crippen molar-refractivity contribution in [3.63, 3.8) is 0 Å². The van der Waals surface area contributed by atoms with Crippen molar-refractivity contribution in [3.8, 4) is 0 Å². The van der Waals surface area contributed by atoms with Crippen molar-refractivity contribution >= 4 is 17.4 Å². The average Bonchev–Trinajstić information content (AvgIpc) is 2.40. The number of amides is 1. The minimum absolute atomic E-state index is 0.00786. The number of nitrogens with one attached hydrogen (secondary N) is 2. The summed E-state index contributed by atoms with van der Waals surface area (Å²) in [5.74, 6) is 0.752. The predicted octanol–water partition coefficient (Wildman–Crippen LogP) is 2.25. The molecular formula is C14H23N3O2. The average molecular weight is 265 g/mol. The molecule has 1 heterocycles. The fourth-order valence-electron chi connectivity index (χ4n) is 1.49. The second-order valence-electron chi connectivity index (χ2n) is 4.79. The Labute approximate surface area is 114 Å². The molecular weight excluding hydrogens is 242 g/mol. The molecule has 0 radical (unpaired) electrons. The third kappa shape index (κ3) is 6.20. The van der Waals surface area contributed by atoms with Crippen molar-refractivity contribution in [1.29, 1.82) is 0 Å². The van der Waals surface area contributed by atoms with Gasteiger partial charge in [0.15, 0.2) is 0 Å². The minimum atomic E-state index is -0.0377. The first kappa shape index (κ1) is 15.4. The standard InChI is InChI=1S/C14H23N3O2/c1-11(2)14(19)17-12-6-7-13(16-10-12)15-8-4-3-5-9-18/h6-7,10-11,18H,3-5,8-9H2,1-2H3,(H,15,16)(H,17,19). The molecule has 19 heavy (non-hydrogen) atoms. The number of nitrogens with zero attached hydrogens (tertiary/aromatic N) is 1. The van der Waals surface area contributed by atoms with Gasteiger partial charge in [-0.1, -0.05) is 13.8 Å². The van der Waals surface area contributed by atoms with Crippen LogP contribution in [0.1, 0.15) is 33.1 Å². The first-order chi connectivity index (χ1) is 9.13. The van der Waals surface area contributed by atoms with E-state index in [9.17, 15) is 4.79 Å². The SMILES string of the molecule is CC(C)C(=O)Nc1ccc(NCCCCCO)nc1. The smallest absolute Gasteiger partial charge is 0.226 e. The van der Waals surface area contributed by atoms with Crippen LogP contribution in [0.25, 0.3) is 0 Å². The van der Waals surface area contributed by atoms with Crippen LogP contribution in [0.2, 0.25) is 0 Å². The van der Waals surface area contributed by atoms with Gasteiger partial charge >= 0.3 is 0 Å². The van der Waals surface area contributed by atoms with E-state index in [1.165, 1.54) is 0 Å². The monoisotopic (exact) mass is 265 g/mol. The summed E-state index contributed by atoms with van der Waals surface area (Å²) in [4.78, 5) is 15.7. The number of aliphatic hydroxyl groups is 1. The molecule has 0 bridgehead atoms. The number of carbonyl (C=O) groups is 1. The molecule has 106 valence electrons. The van der Waals surface area contributed by atoms with Crippen molar-refractivity contribution in [2.24, 2.45) is 5.92 Å². The Morgan fingerprint density at radius 3 is 2.68 bits per heavy atom. The maximum atomic E-state index is 11.5.